The van der Waals surface area contributed by atoms with Crippen LogP contribution >= 0.6 is 0 Å². The maximum atomic E-state index is 6.13. The molecule has 1 fully saturated rings. The van der Waals surface area contributed by atoms with Crippen LogP contribution in [-0.2, 0) is 9.47 Å². The lowest BCUT2D eigenvalue weighted by molar-refractivity contribution is 0.120. The highest BCUT2D eigenvalue weighted by atomic mass is 16.5. The molecule has 0 saturated carbocycles. The molecule has 7 nitrogen and oxygen atoms in total. The van der Waals surface area contributed by atoms with Crippen molar-refractivity contribution >= 4 is 11.5 Å². The van der Waals surface area contributed by atoms with Gasteiger partial charge in [-0.3, -0.25) is 0 Å². The van der Waals surface area contributed by atoms with Crippen LogP contribution in [0.3, 0.4) is 0 Å². The van der Waals surface area contributed by atoms with E-state index in [0.29, 0.717) is 43.0 Å². The number of nitrogen functional groups attached to an aromatic ring is 1. The number of hydrogen-bond donors (Lipinski definition) is 2. The second kappa shape index (κ2) is 8.14. The van der Waals surface area contributed by atoms with Gasteiger partial charge in [-0.05, 0) is 12.8 Å². The molecule has 1 atom stereocenters. The number of nitrogens with zero attached hydrogens (tertiary/aromatic N) is 2. The van der Waals surface area contributed by atoms with Crippen LogP contribution in [0.5, 0.6) is 5.88 Å². The summed E-state index contributed by atoms with van der Waals surface area (Å²) in [5.74, 6) is 1.91. The average molecular weight is 310 g/mol. The van der Waals surface area contributed by atoms with Gasteiger partial charge in [-0.1, -0.05) is 13.8 Å². The summed E-state index contributed by atoms with van der Waals surface area (Å²) in [6.07, 6.45) is 2.38. The quantitative estimate of drug-likeness (QED) is 0.707. The molecule has 1 aromatic heterocycles. The van der Waals surface area contributed by atoms with E-state index in [4.69, 9.17) is 19.9 Å². The largest absolute Gasteiger partial charge is 0.474 e. The van der Waals surface area contributed by atoms with Crippen LogP contribution < -0.4 is 15.8 Å². The molecule has 3 N–H and O–H groups in total. The van der Waals surface area contributed by atoms with Crippen LogP contribution in [0.15, 0.2) is 0 Å². The van der Waals surface area contributed by atoms with Gasteiger partial charge in [0, 0.05) is 26.2 Å². The second-order valence-electron chi connectivity index (χ2n) is 5.66. The van der Waals surface area contributed by atoms with E-state index in [0.717, 1.165) is 19.4 Å². The minimum absolute atomic E-state index is 0.189. The van der Waals surface area contributed by atoms with Crippen molar-refractivity contribution in [2.45, 2.75) is 38.7 Å². The highest BCUT2D eigenvalue weighted by molar-refractivity contribution is 5.67. The molecule has 0 spiro atoms. The maximum Gasteiger partial charge on any atom is 0.242 e. The van der Waals surface area contributed by atoms with Gasteiger partial charge in [0.15, 0.2) is 5.82 Å². The van der Waals surface area contributed by atoms with E-state index < -0.39 is 0 Å². The topological polar surface area (TPSA) is 91.5 Å². The second-order valence-corrected chi connectivity index (χ2v) is 5.66. The van der Waals surface area contributed by atoms with Crippen molar-refractivity contribution in [1.82, 2.24) is 9.97 Å². The fourth-order valence-electron chi connectivity index (χ4n) is 2.21. The van der Waals surface area contributed by atoms with E-state index in [1.807, 2.05) is 13.8 Å². The lowest BCUT2D eigenvalue weighted by Gasteiger charge is -2.17. The van der Waals surface area contributed by atoms with Gasteiger partial charge in [0.05, 0.1) is 12.7 Å². The molecule has 1 aliphatic rings. The van der Waals surface area contributed by atoms with Crippen LogP contribution in [0, 0.1) is 0 Å². The normalized spacial score (nSPS) is 17.9. The molecule has 124 valence electrons. The molecule has 22 heavy (non-hydrogen) atoms. The number of methoxy groups -OCH3 is 1. The van der Waals surface area contributed by atoms with Gasteiger partial charge >= 0.3 is 0 Å². The van der Waals surface area contributed by atoms with Crippen LogP contribution in [0.4, 0.5) is 11.5 Å². The highest BCUT2D eigenvalue weighted by Gasteiger charge is 2.19. The van der Waals surface area contributed by atoms with Crippen molar-refractivity contribution in [3.63, 3.8) is 0 Å². The molecule has 7 heteroatoms. The van der Waals surface area contributed by atoms with Gasteiger partial charge in [0.1, 0.15) is 18.1 Å². The Bertz CT molecular complexity index is 476. The molecule has 0 aromatic carbocycles. The first kappa shape index (κ1) is 16.8. The highest BCUT2D eigenvalue weighted by Crippen LogP contribution is 2.28. The number of ether oxygens (including phenoxy) is 3. The number of rotatable bonds is 8. The fraction of sp³-hybridized carbons (Fsp3) is 0.733. The number of nitrogens with one attached hydrogen (secondary N) is 1. The van der Waals surface area contributed by atoms with Gasteiger partial charge in [0.25, 0.3) is 0 Å². The Kier molecular flexibility index (Phi) is 6.21. The molecule has 1 saturated heterocycles. The summed E-state index contributed by atoms with van der Waals surface area (Å²) >= 11 is 0. The van der Waals surface area contributed by atoms with Gasteiger partial charge in [-0.25, -0.2) is 4.98 Å². The molecule has 0 aliphatic carbocycles. The summed E-state index contributed by atoms with van der Waals surface area (Å²) in [5, 5.41) is 3.27. The monoisotopic (exact) mass is 310 g/mol. The number of aromatic nitrogens is 2. The summed E-state index contributed by atoms with van der Waals surface area (Å²) in [4.78, 5) is 8.91. The molecular weight excluding hydrogens is 284 g/mol. The zero-order chi connectivity index (χ0) is 15.9. The van der Waals surface area contributed by atoms with Crippen molar-refractivity contribution < 1.29 is 14.2 Å². The van der Waals surface area contributed by atoms with Gasteiger partial charge in [-0.15, -0.1) is 0 Å². The van der Waals surface area contributed by atoms with Gasteiger partial charge < -0.3 is 25.3 Å². The van der Waals surface area contributed by atoms with E-state index in [1.54, 1.807) is 7.11 Å². The maximum absolute atomic E-state index is 6.13. The van der Waals surface area contributed by atoms with Crippen molar-refractivity contribution in [2.75, 3.05) is 44.5 Å². The SMILES string of the molecule is COCCOc1nc(C(C)C)nc(NCC2CCCO2)c1N. The molecule has 1 aliphatic heterocycles. The van der Waals surface area contributed by atoms with E-state index in [-0.39, 0.29) is 12.0 Å². The summed E-state index contributed by atoms with van der Waals surface area (Å²) in [6, 6.07) is 0. The van der Waals surface area contributed by atoms with Gasteiger partial charge in [-0.2, -0.15) is 4.98 Å². The molecule has 2 rings (SSSR count). The van der Waals surface area contributed by atoms with Crippen molar-refractivity contribution in [2.24, 2.45) is 0 Å². The predicted octanol–water partition coefficient (Wildman–Crippen LogP) is 1.80. The van der Waals surface area contributed by atoms with E-state index in [2.05, 4.69) is 15.3 Å². The van der Waals surface area contributed by atoms with Crippen LogP contribution in [0.1, 0.15) is 38.4 Å². The first-order valence-electron chi connectivity index (χ1n) is 7.76. The van der Waals surface area contributed by atoms with Gasteiger partial charge in [0.2, 0.25) is 5.88 Å². The molecule has 0 radical (unpaired) electrons. The van der Waals surface area contributed by atoms with Crippen LogP contribution in [0.2, 0.25) is 0 Å². The van der Waals surface area contributed by atoms with E-state index >= 15 is 0 Å². The third-order valence-electron chi connectivity index (χ3n) is 3.49. The van der Waals surface area contributed by atoms with Crippen LogP contribution in [-0.4, -0.2) is 49.5 Å². The molecule has 2 heterocycles. The molecule has 1 unspecified atom stereocenters. The summed E-state index contributed by atoms with van der Waals surface area (Å²) < 4.78 is 16.2. The standard InChI is InChI=1S/C15H26N4O3/c1-10(2)13-18-14(17-9-11-5-4-6-21-11)12(16)15(19-13)22-8-7-20-3/h10-11H,4-9,16H2,1-3H3,(H,17,18,19). The average Bonchev–Trinajstić information content (AvgIpc) is 3.01. The molecular formula is C15H26N4O3. The van der Waals surface area contributed by atoms with E-state index in [1.165, 1.54) is 0 Å². The predicted molar refractivity (Wildman–Crippen MR) is 85.4 cm³/mol. The molecule has 1 aromatic rings. The summed E-state index contributed by atoms with van der Waals surface area (Å²) in [6.45, 7) is 6.48. The first-order chi connectivity index (χ1) is 10.6. The number of hydrogen-bond acceptors (Lipinski definition) is 7. The molecule has 0 amide bonds. The Morgan fingerprint density at radius 3 is 2.82 bits per heavy atom. The third-order valence-corrected chi connectivity index (χ3v) is 3.49. The Hall–Kier alpha value is -1.60. The van der Waals surface area contributed by atoms with Crippen molar-refractivity contribution in [1.29, 1.82) is 0 Å². The first-order valence-corrected chi connectivity index (χ1v) is 7.76. The minimum Gasteiger partial charge on any atom is -0.474 e. The Labute approximate surface area is 131 Å². The lowest BCUT2D eigenvalue weighted by atomic mass is 10.2. The zero-order valence-corrected chi connectivity index (χ0v) is 13.6. The van der Waals surface area contributed by atoms with Crippen molar-refractivity contribution in [3.8, 4) is 5.88 Å². The Balaban J connectivity index is 2.10. The Morgan fingerprint density at radius 1 is 1.36 bits per heavy atom. The smallest absolute Gasteiger partial charge is 0.242 e. The fourth-order valence-corrected chi connectivity index (χ4v) is 2.21. The zero-order valence-electron chi connectivity index (χ0n) is 13.6. The third kappa shape index (κ3) is 4.45. The number of nitrogens with two attached hydrogens (primary N) is 1. The van der Waals surface area contributed by atoms with Crippen LogP contribution in [0.25, 0.3) is 0 Å². The molecule has 0 bridgehead atoms. The minimum atomic E-state index is 0.189. The number of anilines is 2. The Morgan fingerprint density at radius 2 is 2.18 bits per heavy atom. The summed E-state index contributed by atoms with van der Waals surface area (Å²) in [7, 11) is 1.63. The lowest BCUT2D eigenvalue weighted by Crippen LogP contribution is -2.21. The summed E-state index contributed by atoms with van der Waals surface area (Å²) in [5.41, 5.74) is 6.55. The van der Waals surface area contributed by atoms with Crippen molar-refractivity contribution in [3.05, 3.63) is 5.82 Å². The van der Waals surface area contributed by atoms with E-state index in [9.17, 15) is 0 Å².